The van der Waals surface area contributed by atoms with Gasteiger partial charge in [0.05, 0.1) is 22.9 Å². The van der Waals surface area contributed by atoms with Crippen LogP contribution in [0.5, 0.6) is 0 Å². The number of furan rings is 1. The lowest BCUT2D eigenvalue weighted by atomic mass is 10.2. The second-order valence-electron chi connectivity index (χ2n) is 5.02. The maximum Gasteiger partial charge on any atom is 0.257 e. The molecular formula is C17H10N4O2S. The van der Waals surface area contributed by atoms with Crippen molar-refractivity contribution in [3.05, 3.63) is 58.5 Å². The quantitative estimate of drug-likeness (QED) is 0.592. The Morgan fingerprint density at radius 1 is 1.33 bits per heavy atom. The first-order valence-electron chi connectivity index (χ1n) is 7.07. The molecule has 4 rings (SSSR count). The molecule has 1 aromatic carbocycles. The van der Waals surface area contributed by atoms with Gasteiger partial charge in [0, 0.05) is 5.69 Å². The van der Waals surface area contributed by atoms with Crippen LogP contribution in [-0.4, -0.2) is 15.9 Å². The molecule has 0 aliphatic carbocycles. The van der Waals surface area contributed by atoms with Crippen LogP contribution in [0.4, 0.5) is 5.69 Å². The predicted octanol–water partition coefficient (Wildman–Crippen LogP) is 4.01. The van der Waals surface area contributed by atoms with Crippen molar-refractivity contribution in [2.75, 3.05) is 5.32 Å². The number of aromatic amines is 1. The van der Waals surface area contributed by atoms with Gasteiger partial charge in [0.2, 0.25) is 0 Å². The molecular weight excluding hydrogens is 324 g/mol. The average molecular weight is 334 g/mol. The Bertz CT molecular complexity index is 1070. The number of aromatic nitrogens is 2. The lowest BCUT2D eigenvalue weighted by Gasteiger charge is -2.04. The van der Waals surface area contributed by atoms with E-state index in [1.807, 2.05) is 18.2 Å². The highest BCUT2D eigenvalue weighted by Crippen LogP contribution is 2.24. The van der Waals surface area contributed by atoms with Gasteiger partial charge < -0.3 is 14.7 Å². The number of amides is 1. The predicted molar refractivity (Wildman–Crippen MR) is 90.8 cm³/mol. The number of hydrogen-bond donors (Lipinski definition) is 2. The van der Waals surface area contributed by atoms with Crippen molar-refractivity contribution in [1.82, 2.24) is 9.97 Å². The maximum absolute atomic E-state index is 12.3. The number of imidazole rings is 1. The van der Waals surface area contributed by atoms with Crippen molar-refractivity contribution in [3.8, 4) is 17.7 Å². The highest BCUT2D eigenvalue weighted by Gasteiger charge is 2.14. The summed E-state index contributed by atoms with van der Waals surface area (Å²) in [6.07, 6.45) is 1.59. The Balaban J connectivity index is 1.63. The molecule has 1 amide bonds. The van der Waals surface area contributed by atoms with Gasteiger partial charge in [-0.25, -0.2) is 4.98 Å². The number of carbonyl (C=O) groups is 1. The first-order chi connectivity index (χ1) is 11.7. The number of anilines is 1. The van der Waals surface area contributed by atoms with Crippen molar-refractivity contribution >= 4 is 34.0 Å². The van der Waals surface area contributed by atoms with Crippen LogP contribution in [0.25, 0.3) is 22.6 Å². The summed E-state index contributed by atoms with van der Waals surface area (Å²) in [5.41, 5.74) is 2.55. The van der Waals surface area contributed by atoms with E-state index in [1.165, 1.54) is 11.3 Å². The molecule has 4 aromatic rings. The Morgan fingerprint density at radius 2 is 2.25 bits per heavy atom. The first-order valence-corrected chi connectivity index (χ1v) is 7.95. The van der Waals surface area contributed by atoms with Crippen molar-refractivity contribution in [2.24, 2.45) is 0 Å². The van der Waals surface area contributed by atoms with Gasteiger partial charge in [-0.05, 0) is 41.8 Å². The smallest absolute Gasteiger partial charge is 0.257 e. The van der Waals surface area contributed by atoms with Gasteiger partial charge in [-0.1, -0.05) is 0 Å². The number of benzene rings is 1. The SMILES string of the molecule is N#Cc1sccc1C(=O)Nc1ccc2nc(-c3ccco3)[nH]c2c1. The minimum absolute atomic E-state index is 0.307. The largest absolute Gasteiger partial charge is 0.461 e. The third-order valence-electron chi connectivity index (χ3n) is 3.51. The Morgan fingerprint density at radius 3 is 3.04 bits per heavy atom. The van der Waals surface area contributed by atoms with E-state index >= 15 is 0 Å². The molecule has 0 atom stereocenters. The number of nitrogens with zero attached hydrogens (tertiary/aromatic N) is 2. The van der Waals surface area contributed by atoms with Crippen LogP contribution in [0.1, 0.15) is 15.2 Å². The fourth-order valence-electron chi connectivity index (χ4n) is 2.39. The van der Waals surface area contributed by atoms with Crippen LogP contribution in [0.3, 0.4) is 0 Å². The van der Waals surface area contributed by atoms with Crippen LogP contribution >= 0.6 is 11.3 Å². The topological polar surface area (TPSA) is 94.7 Å². The van der Waals surface area contributed by atoms with E-state index in [2.05, 4.69) is 15.3 Å². The van der Waals surface area contributed by atoms with E-state index in [0.717, 1.165) is 11.0 Å². The molecule has 0 spiro atoms. The van der Waals surface area contributed by atoms with Crippen molar-refractivity contribution in [1.29, 1.82) is 5.26 Å². The minimum Gasteiger partial charge on any atom is -0.461 e. The second kappa shape index (κ2) is 5.68. The lowest BCUT2D eigenvalue weighted by Crippen LogP contribution is -2.12. The molecule has 24 heavy (non-hydrogen) atoms. The fraction of sp³-hybridized carbons (Fsp3) is 0. The van der Waals surface area contributed by atoms with E-state index in [1.54, 1.807) is 35.9 Å². The van der Waals surface area contributed by atoms with Gasteiger partial charge in [-0.2, -0.15) is 5.26 Å². The van der Waals surface area contributed by atoms with Gasteiger partial charge in [0.1, 0.15) is 10.9 Å². The number of H-pyrrole nitrogens is 1. The number of rotatable bonds is 3. The minimum atomic E-state index is -0.307. The summed E-state index contributed by atoms with van der Waals surface area (Å²) in [5.74, 6) is 0.967. The zero-order valence-electron chi connectivity index (χ0n) is 12.2. The van der Waals surface area contributed by atoms with Crippen LogP contribution in [0.15, 0.2) is 52.5 Å². The third kappa shape index (κ3) is 2.45. The maximum atomic E-state index is 12.3. The molecule has 0 unspecified atom stereocenters. The summed E-state index contributed by atoms with van der Waals surface area (Å²) < 4.78 is 5.33. The molecule has 2 N–H and O–H groups in total. The molecule has 0 radical (unpaired) electrons. The van der Waals surface area contributed by atoms with Crippen LogP contribution < -0.4 is 5.32 Å². The molecule has 3 heterocycles. The molecule has 0 saturated heterocycles. The van der Waals surface area contributed by atoms with Crippen LogP contribution in [0.2, 0.25) is 0 Å². The van der Waals surface area contributed by atoms with Crippen molar-refractivity contribution in [3.63, 3.8) is 0 Å². The number of fused-ring (bicyclic) bond motifs is 1. The van der Waals surface area contributed by atoms with Gasteiger partial charge in [-0.3, -0.25) is 4.79 Å². The van der Waals surface area contributed by atoms with E-state index in [9.17, 15) is 4.79 Å². The van der Waals surface area contributed by atoms with Gasteiger partial charge in [-0.15, -0.1) is 11.3 Å². The van der Waals surface area contributed by atoms with E-state index in [0.29, 0.717) is 27.7 Å². The van der Waals surface area contributed by atoms with Gasteiger partial charge >= 0.3 is 0 Å². The standard InChI is InChI=1S/C17H10N4O2S/c18-9-15-11(5-7-24-15)17(22)19-10-3-4-12-13(8-10)21-16(20-12)14-2-1-6-23-14/h1-8H,(H,19,22)(H,20,21). The van der Waals surface area contributed by atoms with Gasteiger partial charge in [0.15, 0.2) is 11.6 Å². The Labute approximate surface area is 140 Å². The number of hydrogen-bond acceptors (Lipinski definition) is 5. The van der Waals surface area contributed by atoms with Gasteiger partial charge in [0.25, 0.3) is 5.91 Å². The molecule has 0 aliphatic rings. The zero-order chi connectivity index (χ0) is 16.5. The molecule has 0 aliphatic heterocycles. The van der Waals surface area contributed by atoms with Crippen LogP contribution in [0, 0.1) is 11.3 Å². The molecule has 0 fully saturated rings. The normalized spacial score (nSPS) is 10.6. The number of carbonyl (C=O) groups excluding carboxylic acids is 1. The lowest BCUT2D eigenvalue weighted by molar-refractivity contribution is 0.102. The summed E-state index contributed by atoms with van der Waals surface area (Å²) in [5, 5.41) is 13.5. The summed E-state index contributed by atoms with van der Waals surface area (Å²) in [6, 6.07) is 12.7. The third-order valence-corrected chi connectivity index (χ3v) is 4.32. The van der Waals surface area contributed by atoms with E-state index < -0.39 is 0 Å². The van der Waals surface area contributed by atoms with Crippen LogP contribution in [-0.2, 0) is 0 Å². The van der Waals surface area contributed by atoms with Crippen molar-refractivity contribution in [2.45, 2.75) is 0 Å². The number of nitriles is 1. The molecule has 0 bridgehead atoms. The highest BCUT2D eigenvalue weighted by molar-refractivity contribution is 7.10. The summed E-state index contributed by atoms with van der Waals surface area (Å²) >= 11 is 1.24. The fourth-order valence-corrected chi connectivity index (χ4v) is 3.07. The number of nitrogens with one attached hydrogen (secondary N) is 2. The first kappa shape index (κ1) is 14.2. The second-order valence-corrected chi connectivity index (χ2v) is 5.94. The molecule has 7 heteroatoms. The zero-order valence-corrected chi connectivity index (χ0v) is 13.1. The molecule has 6 nitrogen and oxygen atoms in total. The average Bonchev–Trinajstić information content (AvgIpc) is 3.32. The van der Waals surface area contributed by atoms with Crippen molar-refractivity contribution < 1.29 is 9.21 Å². The van der Waals surface area contributed by atoms with E-state index in [-0.39, 0.29) is 5.91 Å². The molecule has 116 valence electrons. The summed E-state index contributed by atoms with van der Waals surface area (Å²) in [7, 11) is 0. The monoisotopic (exact) mass is 334 g/mol. The Kier molecular flexibility index (Phi) is 3.37. The molecule has 3 aromatic heterocycles. The highest BCUT2D eigenvalue weighted by atomic mass is 32.1. The summed E-state index contributed by atoms with van der Waals surface area (Å²) in [6.45, 7) is 0. The summed E-state index contributed by atoms with van der Waals surface area (Å²) in [4.78, 5) is 20.3. The van der Waals surface area contributed by atoms with E-state index in [4.69, 9.17) is 9.68 Å². The number of thiophene rings is 1. The molecule has 0 saturated carbocycles. The Hall–Kier alpha value is -3.37.